The SMILES string of the molecule is COC1O[C@H](CO)[C@@H](OC)[C@H](O)[C@H]1O. The van der Waals surface area contributed by atoms with Crippen molar-refractivity contribution in [2.75, 3.05) is 20.8 Å². The molecule has 5 atom stereocenters. The fraction of sp³-hybridized carbons (Fsp3) is 1.00. The van der Waals surface area contributed by atoms with Crippen molar-refractivity contribution in [3.63, 3.8) is 0 Å². The molecule has 0 spiro atoms. The maximum absolute atomic E-state index is 9.59. The highest BCUT2D eigenvalue weighted by atomic mass is 16.7. The van der Waals surface area contributed by atoms with Crippen LogP contribution >= 0.6 is 0 Å². The normalized spacial score (nSPS) is 43.9. The Morgan fingerprint density at radius 2 is 1.79 bits per heavy atom. The number of methoxy groups -OCH3 is 2. The van der Waals surface area contributed by atoms with E-state index in [9.17, 15) is 10.2 Å². The quantitative estimate of drug-likeness (QED) is 0.501. The predicted octanol–water partition coefficient (Wildman–Crippen LogP) is -1.91. The van der Waals surface area contributed by atoms with Crippen LogP contribution in [0.2, 0.25) is 0 Å². The van der Waals surface area contributed by atoms with Crippen molar-refractivity contribution in [1.29, 1.82) is 0 Å². The Kier molecular flexibility index (Phi) is 4.24. The molecule has 0 amide bonds. The molecule has 1 aliphatic heterocycles. The Morgan fingerprint density at radius 3 is 2.21 bits per heavy atom. The first-order valence-corrected chi connectivity index (χ1v) is 4.33. The van der Waals surface area contributed by atoms with Gasteiger partial charge in [0.1, 0.15) is 24.4 Å². The molecule has 6 heteroatoms. The van der Waals surface area contributed by atoms with Crippen LogP contribution in [-0.2, 0) is 14.2 Å². The Labute approximate surface area is 82.0 Å². The highest BCUT2D eigenvalue weighted by molar-refractivity contribution is 4.89. The monoisotopic (exact) mass is 208 g/mol. The number of hydrogen-bond acceptors (Lipinski definition) is 6. The summed E-state index contributed by atoms with van der Waals surface area (Å²) in [6, 6.07) is 0. The molecule has 0 aromatic heterocycles. The number of aliphatic hydroxyl groups is 3. The number of aliphatic hydroxyl groups excluding tert-OH is 3. The Balaban J connectivity index is 2.71. The Hall–Kier alpha value is -0.240. The van der Waals surface area contributed by atoms with Gasteiger partial charge >= 0.3 is 0 Å². The molecule has 0 bridgehead atoms. The maximum Gasteiger partial charge on any atom is 0.186 e. The molecule has 1 saturated heterocycles. The fourth-order valence-electron chi connectivity index (χ4n) is 1.54. The van der Waals surface area contributed by atoms with E-state index in [1.807, 2.05) is 0 Å². The van der Waals surface area contributed by atoms with Crippen LogP contribution in [0.5, 0.6) is 0 Å². The van der Waals surface area contributed by atoms with E-state index in [1.165, 1.54) is 14.2 Å². The molecule has 1 aliphatic rings. The average Bonchev–Trinajstić information content (AvgIpc) is 2.21. The van der Waals surface area contributed by atoms with Gasteiger partial charge in [-0.05, 0) is 0 Å². The largest absolute Gasteiger partial charge is 0.394 e. The van der Waals surface area contributed by atoms with Gasteiger partial charge in [-0.3, -0.25) is 0 Å². The molecule has 3 N–H and O–H groups in total. The van der Waals surface area contributed by atoms with Gasteiger partial charge in [0.25, 0.3) is 0 Å². The van der Waals surface area contributed by atoms with E-state index in [0.29, 0.717) is 0 Å². The zero-order chi connectivity index (χ0) is 10.7. The second kappa shape index (κ2) is 5.01. The minimum Gasteiger partial charge on any atom is -0.394 e. The van der Waals surface area contributed by atoms with Crippen LogP contribution in [0, 0.1) is 0 Å². The maximum atomic E-state index is 9.59. The third kappa shape index (κ3) is 2.05. The molecule has 1 fully saturated rings. The van der Waals surface area contributed by atoms with E-state index < -0.39 is 30.7 Å². The van der Waals surface area contributed by atoms with Crippen LogP contribution in [-0.4, -0.2) is 66.9 Å². The molecule has 84 valence electrons. The summed E-state index contributed by atoms with van der Waals surface area (Å²) in [4.78, 5) is 0. The van der Waals surface area contributed by atoms with Crippen molar-refractivity contribution in [3.8, 4) is 0 Å². The minimum atomic E-state index is -1.17. The van der Waals surface area contributed by atoms with Crippen LogP contribution in [0.3, 0.4) is 0 Å². The summed E-state index contributed by atoms with van der Waals surface area (Å²) in [5.74, 6) is 0. The van der Waals surface area contributed by atoms with Gasteiger partial charge in [-0.2, -0.15) is 0 Å². The van der Waals surface area contributed by atoms with E-state index in [4.69, 9.17) is 19.3 Å². The van der Waals surface area contributed by atoms with E-state index in [0.717, 1.165) is 0 Å². The van der Waals surface area contributed by atoms with Gasteiger partial charge in [-0.15, -0.1) is 0 Å². The molecule has 1 rings (SSSR count). The number of rotatable bonds is 3. The summed E-state index contributed by atoms with van der Waals surface area (Å²) in [7, 11) is 2.72. The molecule has 0 aromatic carbocycles. The van der Waals surface area contributed by atoms with Gasteiger partial charge in [0.15, 0.2) is 6.29 Å². The van der Waals surface area contributed by atoms with Crippen LogP contribution in [0.4, 0.5) is 0 Å². The lowest BCUT2D eigenvalue weighted by atomic mass is 9.99. The van der Waals surface area contributed by atoms with Crippen molar-refractivity contribution in [2.24, 2.45) is 0 Å². The third-order valence-electron chi connectivity index (χ3n) is 2.33. The second-order valence-corrected chi connectivity index (χ2v) is 3.14. The molecular formula is C8H16O6. The molecular weight excluding hydrogens is 192 g/mol. The Bertz CT molecular complexity index is 173. The molecule has 6 nitrogen and oxygen atoms in total. The van der Waals surface area contributed by atoms with Crippen molar-refractivity contribution in [3.05, 3.63) is 0 Å². The summed E-state index contributed by atoms with van der Waals surface area (Å²) in [6.45, 7) is -0.303. The smallest absolute Gasteiger partial charge is 0.186 e. The zero-order valence-electron chi connectivity index (χ0n) is 8.16. The van der Waals surface area contributed by atoms with Crippen LogP contribution < -0.4 is 0 Å². The first-order valence-electron chi connectivity index (χ1n) is 4.33. The van der Waals surface area contributed by atoms with Crippen molar-refractivity contribution in [1.82, 2.24) is 0 Å². The molecule has 1 unspecified atom stereocenters. The van der Waals surface area contributed by atoms with E-state index in [2.05, 4.69) is 0 Å². The van der Waals surface area contributed by atoms with E-state index in [1.54, 1.807) is 0 Å². The first-order chi connectivity index (χ1) is 6.65. The number of ether oxygens (including phenoxy) is 3. The summed E-state index contributed by atoms with van der Waals surface area (Å²) in [5.41, 5.74) is 0. The molecule has 1 heterocycles. The highest BCUT2D eigenvalue weighted by Crippen LogP contribution is 2.23. The lowest BCUT2D eigenvalue weighted by molar-refractivity contribution is -0.298. The van der Waals surface area contributed by atoms with Gasteiger partial charge in [-0.25, -0.2) is 0 Å². The van der Waals surface area contributed by atoms with Crippen LogP contribution in [0.25, 0.3) is 0 Å². The fourth-order valence-corrected chi connectivity index (χ4v) is 1.54. The van der Waals surface area contributed by atoms with E-state index in [-0.39, 0.29) is 6.61 Å². The minimum absolute atomic E-state index is 0.303. The predicted molar refractivity (Wildman–Crippen MR) is 45.6 cm³/mol. The molecule has 0 aliphatic carbocycles. The van der Waals surface area contributed by atoms with Gasteiger partial charge in [0, 0.05) is 14.2 Å². The summed E-state index contributed by atoms with van der Waals surface area (Å²) in [5, 5.41) is 28.0. The molecule has 14 heavy (non-hydrogen) atoms. The Morgan fingerprint density at radius 1 is 1.14 bits per heavy atom. The summed E-state index contributed by atoms with van der Waals surface area (Å²) in [6.07, 6.45) is -4.68. The molecule has 0 saturated carbocycles. The van der Waals surface area contributed by atoms with Gasteiger partial charge < -0.3 is 29.5 Å². The number of hydrogen-bond donors (Lipinski definition) is 3. The zero-order valence-corrected chi connectivity index (χ0v) is 8.16. The van der Waals surface area contributed by atoms with E-state index >= 15 is 0 Å². The standard InChI is InChI=1S/C8H16O6/c1-12-7-4(3-9)14-8(13-2)6(11)5(7)10/h4-11H,3H2,1-2H3/t4-,5-,6-,7-,8?/m1/s1. The van der Waals surface area contributed by atoms with Crippen molar-refractivity contribution >= 4 is 0 Å². The van der Waals surface area contributed by atoms with Gasteiger partial charge in [0.2, 0.25) is 0 Å². The first kappa shape index (κ1) is 11.8. The van der Waals surface area contributed by atoms with Crippen molar-refractivity contribution in [2.45, 2.75) is 30.7 Å². The van der Waals surface area contributed by atoms with Gasteiger partial charge in [-0.1, -0.05) is 0 Å². The van der Waals surface area contributed by atoms with Gasteiger partial charge in [0.05, 0.1) is 6.61 Å². The third-order valence-corrected chi connectivity index (χ3v) is 2.33. The van der Waals surface area contributed by atoms with Crippen LogP contribution in [0.1, 0.15) is 0 Å². The highest BCUT2D eigenvalue weighted by Gasteiger charge is 2.44. The molecule has 0 radical (unpaired) electrons. The molecule has 0 aromatic rings. The summed E-state index contributed by atoms with van der Waals surface area (Å²) < 4.78 is 14.9. The van der Waals surface area contributed by atoms with Crippen molar-refractivity contribution < 1.29 is 29.5 Å². The second-order valence-electron chi connectivity index (χ2n) is 3.14. The van der Waals surface area contributed by atoms with Crippen LogP contribution in [0.15, 0.2) is 0 Å². The lowest BCUT2D eigenvalue weighted by Gasteiger charge is -2.40. The summed E-state index contributed by atoms with van der Waals surface area (Å²) >= 11 is 0. The lowest BCUT2D eigenvalue weighted by Crippen LogP contribution is -2.59. The topological polar surface area (TPSA) is 88.4 Å². The average molecular weight is 208 g/mol.